The molecule has 0 fully saturated rings. The second-order valence-electron chi connectivity index (χ2n) is 7.63. The molecule has 0 radical (unpaired) electrons. The Kier molecular flexibility index (Phi) is 6.29. The van der Waals surface area contributed by atoms with Crippen LogP contribution >= 0.6 is 11.6 Å². The molecule has 0 bridgehead atoms. The van der Waals surface area contributed by atoms with E-state index in [4.69, 9.17) is 11.6 Å². The lowest BCUT2D eigenvalue weighted by Crippen LogP contribution is -2.32. The van der Waals surface area contributed by atoms with E-state index >= 15 is 0 Å². The molecule has 0 spiro atoms. The molecule has 0 atom stereocenters. The van der Waals surface area contributed by atoms with Crippen LogP contribution in [0.15, 0.2) is 83.5 Å². The average Bonchev–Trinajstić information content (AvgIpc) is 3.03. The molecular formula is C26H22ClN3O3. The largest absolute Gasteiger partial charge is 0.350 e. The fourth-order valence-corrected chi connectivity index (χ4v) is 3.77. The molecule has 7 heteroatoms. The van der Waals surface area contributed by atoms with Crippen molar-refractivity contribution >= 4 is 46.4 Å². The molecular weight excluding hydrogens is 438 g/mol. The normalized spacial score (nSPS) is 13.5. The number of carbonyl (C=O) groups excluding carboxylic acids is 3. The Labute approximate surface area is 196 Å². The van der Waals surface area contributed by atoms with Gasteiger partial charge in [-0.25, -0.2) is 4.90 Å². The van der Waals surface area contributed by atoms with Gasteiger partial charge in [-0.05, 0) is 60.9 Å². The molecule has 3 aromatic rings. The first-order valence-corrected chi connectivity index (χ1v) is 10.9. The molecule has 166 valence electrons. The fourth-order valence-electron chi connectivity index (χ4n) is 3.55. The van der Waals surface area contributed by atoms with Crippen LogP contribution in [0.1, 0.15) is 28.4 Å². The molecule has 1 heterocycles. The van der Waals surface area contributed by atoms with Crippen molar-refractivity contribution in [1.29, 1.82) is 0 Å². The number of carbonyl (C=O) groups is 3. The lowest BCUT2D eigenvalue weighted by atomic mass is 10.1. The predicted octanol–water partition coefficient (Wildman–Crippen LogP) is 5.25. The van der Waals surface area contributed by atoms with Crippen LogP contribution in [0, 0.1) is 6.92 Å². The van der Waals surface area contributed by atoms with Crippen molar-refractivity contribution in [2.24, 2.45) is 0 Å². The van der Waals surface area contributed by atoms with Crippen molar-refractivity contribution in [3.63, 3.8) is 0 Å². The highest BCUT2D eigenvalue weighted by Crippen LogP contribution is 2.32. The summed E-state index contributed by atoms with van der Waals surface area (Å²) in [6.07, 6.45) is 0.919. The molecule has 0 saturated carbocycles. The topological polar surface area (TPSA) is 78.5 Å². The van der Waals surface area contributed by atoms with Crippen molar-refractivity contribution in [3.8, 4) is 0 Å². The third-order valence-corrected chi connectivity index (χ3v) is 5.75. The highest BCUT2D eigenvalue weighted by molar-refractivity contribution is 6.53. The quantitative estimate of drug-likeness (QED) is 0.494. The molecule has 0 unspecified atom stereocenters. The number of nitrogens with one attached hydrogen (secondary N) is 2. The van der Waals surface area contributed by atoms with Crippen LogP contribution < -0.4 is 15.5 Å². The zero-order valence-corrected chi connectivity index (χ0v) is 18.9. The molecule has 6 nitrogen and oxygen atoms in total. The van der Waals surface area contributed by atoms with Crippen molar-refractivity contribution < 1.29 is 14.4 Å². The van der Waals surface area contributed by atoms with E-state index < -0.39 is 11.8 Å². The summed E-state index contributed by atoms with van der Waals surface area (Å²) in [5.41, 5.74) is 3.94. The minimum absolute atomic E-state index is 0.0300. The highest BCUT2D eigenvalue weighted by Gasteiger charge is 2.39. The third kappa shape index (κ3) is 4.52. The van der Waals surface area contributed by atoms with Crippen molar-refractivity contribution in [2.45, 2.75) is 20.3 Å². The number of aryl methyl sites for hydroxylation is 2. The Morgan fingerprint density at radius 3 is 2.33 bits per heavy atom. The molecule has 0 aliphatic carbocycles. The monoisotopic (exact) mass is 459 g/mol. The van der Waals surface area contributed by atoms with Gasteiger partial charge in [-0.3, -0.25) is 14.4 Å². The summed E-state index contributed by atoms with van der Waals surface area (Å²) < 4.78 is 0. The van der Waals surface area contributed by atoms with Crippen molar-refractivity contribution in [3.05, 3.63) is 100 Å². The number of hydrogen-bond acceptors (Lipinski definition) is 4. The van der Waals surface area contributed by atoms with Gasteiger partial charge >= 0.3 is 0 Å². The van der Waals surface area contributed by atoms with Crippen LogP contribution in [-0.2, 0) is 16.0 Å². The zero-order valence-electron chi connectivity index (χ0n) is 18.2. The number of rotatable bonds is 6. The highest BCUT2D eigenvalue weighted by atomic mass is 35.5. The number of anilines is 3. The lowest BCUT2D eigenvalue weighted by molar-refractivity contribution is -0.120. The first kappa shape index (κ1) is 22.3. The van der Waals surface area contributed by atoms with Crippen LogP contribution in [0.2, 0.25) is 0 Å². The summed E-state index contributed by atoms with van der Waals surface area (Å²) in [5, 5.41) is 5.58. The summed E-state index contributed by atoms with van der Waals surface area (Å²) in [5.74, 6) is -1.44. The van der Waals surface area contributed by atoms with Crippen LogP contribution in [0.25, 0.3) is 0 Å². The molecule has 3 aromatic carbocycles. The summed E-state index contributed by atoms with van der Waals surface area (Å²) in [4.78, 5) is 39.5. The van der Waals surface area contributed by atoms with Gasteiger partial charge in [0.15, 0.2) is 0 Å². The van der Waals surface area contributed by atoms with Gasteiger partial charge in [0.05, 0.1) is 5.69 Å². The van der Waals surface area contributed by atoms with E-state index in [-0.39, 0.29) is 16.6 Å². The number of nitrogens with zero attached hydrogens (tertiary/aromatic N) is 1. The van der Waals surface area contributed by atoms with Crippen LogP contribution in [-0.4, -0.2) is 17.7 Å². The van der Waals surface area contributed by atoms with Gasteiger partial charge in [0, 0.05) is 16.9 Å². The minimum Gasteiger partial charge on any atom is -0.350 e. The van der Waals surface area contributed by atoms with E-state index in [1.165, 1.54) is 5.56 Å². The number of amides is 3. The van der Waals surface area contributed by atoms with Gasteiger partial charge < -0.3 is 10.6 Å². The Balaban J connectivity index is 1.53. The lowest BCUT2D eigenvalue weighted by Gasteiger charge is -2.17. The summed E-state index contributed by atoms with van der Waals surface area (Å²) in [6.45, 7) is 3.88. The van der Waals surface area contributed by atoms with E-state index in [1.807, 2.05) is 43.3 Å². The zero-order chi connectivity index (χ0) is 23.5. The molecule has 1 aliphatic heterocycles. The molecule has 4 rings (SSSR count). The smallest absolute Gasteiger partial charge is 0.283 e. The van der Waals surface area contributed by atoms with Crippen LogP contribution in [0.3, 0.4) is 0 Å². The maximum atomic E-state index is 13.0. The third-order valence-electron chi connectivity index (χ3n) is 5.40. The second kappa shape index (κ2) is 9.30. The number of halogens is 1. The Bertz CT molecular complexity index is 1280. The van der Waals surface area contributed by atoms with E-state index in [0.29, 0.717) is 22.6 Å². The van der Waals surface area contributed by atoms with Gasteiger partial charge in [-0.1, -0.05) is 54.9 Å². The summed E-state index contributed by atoms with van der Waals surface area (Å²) in [7, 11) is 0. The van der Waals surface area contributed by atoms with Gasteiger partial charge in [-0.15, -0.1) is 0 Å². The summed E-state index contributed by atoms with van der Waals surface area (Å²) in [6, 6.07) is 21.4. The molecule has 0 aromatic heterocycles. The van der Waals surface area contributed by atoms with Crippen LogP contribution in [0.4, 0.5) is 17.1 Å². The van der Waals surface area contributed by atoms with E-state index in [9.17, 15) is 14.4 Å². The van der Waals surface area contributed by atoms with E-state index in [1.54, 1.807) is 36.4 Å². The van der Waals surface area contributed by atoms with Gasteiger partial charge in [0.25, 0.3) is 17.7 Å². The minimum atomic E-state index is -0.595. The predicted molar refractivity (Wildman–Crippen MR) is 130 cm³/mol. The first-order chi connectivity index (χ1) is 15.9. The Morgan fingerprint density at radius 1 is 0.909 bits per heavy atom. The van der Waals surface area contributed by atoms with E-state index in [0.717, 1.165) is 16.9 Å². The van der Waals surface area contributed by atoms with E-state index in [2.05, 4.69) is 17.6 Å². The molecule has 3 amide bonds. The van der Waals surface area contributed by atoms with Gasteiger partial charge in [-0.2, -0.15) is 0 Å². The Morgan fingerprint density at radius 2 is 1.64 bits per heavy atom. The summed E-state index contributed by atoms with van der Waals surface area (Å²) >= 11 is 6.23. The Hall–Kier alpha value is -3.90. The second-order valence-corrected chi connectivity index (χ2v) is 8.01. The maximum absolute atomic E-state index is 13.0. The van der Waals surface area contributed by atoms with Gasteiger partial charge in [0.2, 0.25) is 0 Å². The van der Waals surface area contributed by atoms with Crippen LogP contribution in [0.5, 0.6) is 0 Å². The molecule has 33 heavy (non-hydrogen) atoms. The molecule has 0 saturated heterocycles. The number of imide groups is 1. The average molecular weight is 460 g/mol. The molecule has 2 N–H and O–H groups in total. The van der Waals surface area contributed by atoms with Gasteiger partial charge in [0.1, 0.15) is 10.7 Å². The van der Waals surface area contributed by atoms with Crippen molar-refractivity contribution in [2.75, 3.05) is 15.5 Å². The maximum Gasteiger partial charge on any atom is 0.283 e. The van der Waals surface area contributed by atoms with Crippen molar-refractivity contribution in [1.82, 2.24) is 0 Å². The number of hydrogen-bond donors (Lipinski definition) is 2. The number of benzene rings is 3. The number of para-hydroxylation sites is 1. The SMILES string of the molecule is CCc1ccc(NC(=O)c2cccc(NC3=C(Cl)C(=O)N(c4ccccc4C)C3=O)c2)cc1. The first-order valence-electron chi connectivity index (χ1n) is 10.5. The standard InChI is InChI=1S/C26H22ClN3O3/c1-3-17-11-13-19(14-12-17)29-24(31)18-8-6-9-20(15-18)28-23-22(27)25(32)30(26(23)33)21-10-5-4-7-16(21)2/h4-15,28H,3H2,1-2H3,(H,29,31). The fraction of sp³-hybridized carbons (Fsp3) is 0.115. The molecule has 1 aliphatic rings.